The molecule has 12 heteroatoms. The van der Waals surface area contributed by atoms with Gasteiger partial charge in [0.05, 0.1) is 27.8 Å². The monoisotopic (exact) mass is 465 g/mol. The number of hydrazine groups is 1. The molecule has 0 spiro atoms. The van der Waals surface area contributed by atoms with Gasteiger partial charge in [-0.2, -0.15) is 18.3 Å². The van der Waals surface area contributed by atoms with Crippen molar-refractivity contribution in [3.05, 3.63) is 64.2 Å². The molecule has 1 aromatic carbocycles. The summed E-state index contributed by atoms with van der Waals surface area (Å²) < 4.78 is 38.9. The van der Waals surface area contributed by atoms with Crippen molar-refractivity contribution in [2.75, 3.05) is 5.75 Å². The molecule has 2 heterocycles. The van der Waals surface area contributed by atoms with E-state index in [2.05, 4.69) is 20.9 Å². The van der Waals surface area contributed by atoms with Crippen LogP contribution in [-0.2, 0) is 11.0 Å². The van der Waals surface area contributed by atoms with Crippen LogP contribution in [-0.4, -0.2) is 32.3 Å². The minimum absolute atomic E-state index is 0.0359. The number of alkyl halides is 3. The number of hydrogen-bond donors (Lipinski definition) is 2. The Labute approximate surface area is 184 Å². The van der Waals surface area contributed by atoms with Gasteiger partial charge in [0.1, 0.15) is 0 Å². The summed E-state index contributed by atoms with van der Waals surface area (Å²) in [5, 5.41) is 5.01. The zero-order valence-electron chi connectivity index (χ0n) is 16.9. The first-order valence-electron chi connectivity index (χ1n) is 9.34. The largest absolute Gasteiger partial charge is 0.417 e. The van der Waals surface area contributed by atoms with Gasteiger partial charge in [-0.05, 0) is 32.0 Å². The molecule has 168 valence electrons. The van der Waals surface area contributed by atoms with Crippen LogP contribution in [0.3, 0.4) is 0 Å². The van der Waals surface area contributed by atoms with Crippen LogP contribution in [0.1, 0.15) is 35.9 Å². The van der Waals surface area contributed by atoms with Crippen LogP contribution in [0.15, 0.2) is 52.4 Å². The normalized spacial score (nSPS) is 11.6. The molecule has 0 fully saturated rings. The molecule has 0 aliphatic rings. The number of benzene rings is 1. The Morgan fingerprint density at radius 1 is 1.09 bits per heavy atom. The summed E-state index contributed by atoms with van der Waals surface area (Å²) in [6, 6.07) is 8.23. The van der Waals surface area contributed by atoms with Crippen LogP contribution in [0.4, 0.5) is 13.2 Å². The predicted octanol–water partition coefficient (Wildman–Crippen LogP) is 2.94. The number of nitrogens with zero attached hydrogens (tertiary/aromatic N) is 3. The lowest BCUT2D eigenvalue weighted by Gasteiger charge is -2.13. The Morgan fingerprint density at radius 3 is 2.38 bits per heavy atom. The van der Waals surface area contributed by atoms with Gasteiger partial charge in [0.15, 0.2) is 5.69 Å². The van der Waals surface area contributed by atoms with Crippen molar-refractivity contribution in [3.63, 3.8) is 0 Å². The first-order chi connectivity index (χ1) is 15.1. The molecule has 0 aliphatic heterocycles. The number of pyridine rings is 1. The van der Waals surface area contributed by atoms with Crippen molar-refractivity contribution in [3.8, 4) is 0 Å². The van der Waals surface area contributed by atoms with Gasteiger partial charge in [0, 0.05) is 11.6 Å². The number of fused-ring (bicyclic) bond motifs is 1. The highest BCUT2D eigenvalue weighted by atomic mass is 32.2. The van der Waals surface area contributed by atoms with Crippen molar-refractivity contribution < 1.29 is 22.8 Å². The summed E-state index contributed by atoms with van der Waals surface area (Å²) in [5.41, 5.74) is 3.20. The number of thioether (sulfide) groups is 1. The second-order valence-corrected chi connectivity index (χ2v) is 7.91. The molecular formula is C20H18F3N5O3S. The molecular weight excluding hydrogens is 447 g/mol. The first kappa shape index (κ1) is 23.3. The highest BCUT2D eigenvalue weighted by Gasteiger charge is 2.30. The number of carbonyl (C=O) groups is 2. The maximum atomic E-state index is 12.6. The van der Waals surface area contributed by atoms with Crippen LogP contribution in [0.2, 0.25) is 0 Å². The molecule has 0 aliphatic carbocycles. The number of aromatic nitrogens is 3. The molecule has 0 radical (unpaired) electrons. The molecule has 8 nitrogen and oxygen atoms in total. The fraction of sp³-hybridized carbons (Fsp3) is 0.250. The third kappa shape index (κ3) is 5.25. The number of rotatable bonds is 5. The van der Waals surface area contributed by atoms with Crippen molar-refractivity contribution in [1.82, 2.24) is 25.6 Å². The maximum absolute atomic E-state index is 12.6. The van der Waals surface area contributed by atoms with E-state index in [1.165, 1.54) is 4.68 Å². The molecule has 0 bridgehead atoms. The van der Waals surface area contributed by atoms with Crippen molar-refractivity contribution in [2.45, 2.75) is 31.1 Å². The standard InChI is InChI=1S/C20H18F3N5O3S/c1-11(2)28-19(31)14-6-4-3-5-13(14)17(27-28)18(30)26-25-15(29)10-32-16-8-7-12(9-24-16)20(21,22)23/h3-9,11H,10H2,1-2H3,(H,25,29)(H,26,30). The lowest BCUT2D eigenvalue weighted by Crippen LogP contribution is -2.43. The maximum Gasteiger partial charge on any atom is 0.417 e. The van der Waals surface area contributed by atoms with E-state index in [1.807, 2.05) is 0 Å². The van der Waals surface area contributed by atoms with Crippen LogP contribution in [0.25, 0.3) is 10.8 Å². The summed E-state index contributed by atoms with van der Waals surface area (Å²) >= 11 is 0.903. The van der Waals surface area contributed by atoms with E-state index in [-0.39, 0.29) is 28.1 Å². The fourth-order valence-corrected chi connectivity index (χ4v) is 3.36. The summed E-state index contributed by atoms with van der Waals surface area (Å²) in [6.07, 6.45) is -3.81. The average Bonchev–Trinajstić information content (AvgIpc) is 2.76. The summed E-state index contributed by atoms with van der Waals surface area (Å²) in [6.45, 7) is 3.50. The van der Waals surface area contributed by atoms with Gasteiger partial charge >= 0.3 is 6.18 Å². The van der Waals surface area contributed by atoms with Crippen LogP contribution >= 0.6 is 11.8 Å². The van der Waals surface area contributed by atoms with Crippen LogP contribution < -0.4 is 16.4 Å². The highest BCUT2D eigenvalue weighted by Crippen LogP contribution is 2.29. The van der Waals surface area contributed by atoms with Gasteiger partial charge in [0.2, 0.25) is 5.91 Å². The molecule has 0 unspecified atom stereocenters. The second kappa shape index (κ2) is 9.39. The molecule has 0 saturated carbocycles. The van der Waals surface area contributed by atoms with E-state index in [1.54, 1.807) is 38.1 Å². The minimum atomic E-state index is -4.49. The Morgan fingerprint density at radius 2 is 1.78 bits per heavy atom. The van der Waals surface area contributed by atoms with E-state index >= 15 is 0 Å². The molecule has 0 saturated heterocycles. The fourth-order valence-electron chi connectivity index (χ4n) is 2.72. The molecule has 2 N–H and O–H groups in total. The smallest absolute Gasteiger partial charge is 0.272 e. The summed E-state index contributed by atoms with van der Waals surface area (Å²) in [5.74, 6) is -1.52. The number of hydrogen-bond acceptors (Lipinski definition) is 6. The zero-order chi connectivity index (χ0) is 23.5. The SMILES string of the molecule is CC(C)n1nc(C(=O)NNC(=O)CSc2ccc(C(F)(F)F)cn2)c2ccccc2c1=O. The van der Waals surface area contributed by atoms with Crippen molar-refractivity contribution in [1.29, 1.82) is 0 Å². The van der Waals surface area contributed by atoms with Gasteiger partial charge in [-0.1, -0.05) is 30.0 Å². The topological polar surface area (TPSA) is 106 Å². The van der Waals surface area contributed by atoms with Crippen molar-refractivity contribution in [2.24, 2.45) is 0 Å². The minimum Gasteiger partial charge on any atom is -0.272 e. The van der Waals surface area contributed by atoms with Crippen LogP contribution in [0.5, 0.6) is 0 Å². The van der Waals surface area contributed by atoms with E-state index in [9.17, 15) is 27.6 Å². The Balaban J connectivity index is 1.66. The third-order valence-corrected chi connectivity index (χ3v) is 5.21. The third-order valence-electron chi connectivity index (χ3n) is 4.26. The van der Waals surface area contributed by atoms with Crippen molar-refractivity contribution >= 4 is 34.3 Å². The van der Waals surface area contributed by atoms with Gasteiger partial charge < -0.3 is 0 Å². The number of amides is 2. The predicted molar refractivity (Wildman–Crippen MR) is 112 cm³/mol. The lowest BCUT2D eigenvalue weighted by atomic mass is 10.1. The van der Waals surface area contributed by atoms with Gasteiger partial charge in [-0.25, -0.2) is 9.67 Å². The quantitative estimate of drug-likeness (QED) is 0.443. The van der Waals surface area contributed by atoms with E-state index < -0.39 is 23.6 Å². The Kier molecular flexibility index (Phi) is 6.82. The molecule has 2 amide bonds. The highest BCUT2D eigenvalue weighted by molar-refractivity contribution is 7.99. The summed E-state index contributed by atoms with van der Waals surface area (Å²) in [4.78, 5) is 40.9. The molecule has 3 aromatic rings. The van der Waals surface area contributed by atoms with E-state index in [4.69, 9.17) is 0 Å². The second-order valence-electron chi connectivity index (χ2n) is 6.91. The lowest BCUT2D eigenvalue weighted by molar-refractivity contribution is -0.137. The zero-order valence-corrected chi connectivity index (χ0v) is 17.8. The number of carbonyl (C=O) groups excluding carboxylic acids is 2. The van der Waals surface area contributed by atoms with Gasteiger partial charge in [-0.3, -0.25) is 25.2 Å². The first-order valence-corrected chi connectivity index (χ1v) is 10.3. The van der Waals surface area contributed by atoms with Gasteiger partial charge in [-0.15, -0.1) is 0 Å². The molecule has 3 rings (SSSR count). The molecule has 2 aromatic heterocycles. The summed E-state index contributed by atoms with van der Waals surface area (Å²) in [7, 11) is 0. The Hall–Kier alpha value is -3.41. The number of nitrogens with one attached hydrogen (secondary N) is 2. The number of halogens is 3. The van der Waals surface area contributed by atoms with E-state index in [0.717, 1.165) is 23.9 Å². The average molecular weight is 465 g/mol. The van der Waals surface area contributed by atoms with Gasteiger partial charge in [0.25, 0.3) is 11.5 Å². The van der Waals surface area contributed by atoms with E-state index in [0.29, 0.717) is 17.0 Å². The molecule has 32 heavy (non-hydrogen) atoms. The van der Waals surface area contributed by atoms with Crippen LogP contribution in [0, 0.1) is 0 Å². The molecule has 0 atom stereocenters. The Bertz CT molecular complexity index is 1210.